The molecule has 1 unspecified atom stereocenters. The van der Waals surface area contributed by atoms with Gasteiger partial charge in [-0.2, -0.15) is 0 Å². The Kier molecular flexibility index (Phi) is 11.9. The van der Waals surface area contributed by atoms with E-state index in [2.05, 4.69) is 79.7 Å². The van der Waals surface area contributed by atoms with Crippen molar-refractivity contribution < 1.29 is 30.0 Å². The molecule has 0 spiro atoms. The van der Waals surface area contributed by atoms with E-state index in [1.807, 2.05) is 41.5 Å². The van der Waals surface area contributed by atoms with Gasteiger partial charge in [0, 0.05) is 62.9 Å². The summed E-state index contributed by atoms with van der Waals surface area (Å²) in [6.45, 7) is 19.0. The van der Waals surface area contributed by atoms with Gasteiger partial charge in [-0.1, -0.05) is 80.0 Å². The molecule has 7 heteroatoms. The molecule has 0 aliphatic heterocycles. The Labute approximate surface area is 308 Å². The molecule has 1 radical (unpaired) electrons. The number of ketones is 1. The van der Waals surface area contributed by atoms with E-state index in [0.717, 1.165) is 53.6 Å². The van der Waals surface area contributed by atoms with Crippen LogP contribution in [0.25, 0.3) is 36.0 Å². The summed E-state index contributed by atoms with van der Waals surface area (Å²) in [4.78, 5) is 22.7. The number of fused-ring (bicyclic) bond motifs is 6. The van der Waals surface area contributed by atoms with Gasteiger partial charge in [0.1, 0.15) is 16.9 Å². The van der Waals surface area contributed by atoms with Gasteiger partial charge in [0.15, 0.2) is 5.78 Å². The normalized spacial score (nSPS) is 16.9. The predicted molar refractivity (Wildman–Crippen MR) is 203 cm³/mol. The number of benzene rings is 1. The number of carbonyl (C=O) groups is 1. The maximum atomic E-state index is 12.2. The van der Waals surface area contributed by atoms with Crippen LogP contribution in [0.15, 0.2) is 77.2 Å². The monoisotopic (exact) mass is 858 g/mol. The van der Waals surface area contributed by atoms with Gasteiger partial charge in [0.2, 0.25) is 0 Å². The van der Waals surface area contributed by atoms with Crippen LogP contribution < -0.4 is 0 Å². The topological polar surface area (TPSA) is 63.1 Å². The van der Waals surface area contributed by atoms with E-state index in [4.69, 9.17) is 4.98 Å². The first-order valence-corrected chi connectivity index (χ1v) is 18.7. The zero-order valence-electron chi connectivity index (χ0n) is 29.8. The molecule has 2 aliphatic carbocycles. The summed E-state index contributed by atoms with van der Waals surface area (Å²) in [6.07, 6.45) is 20.2. The zero-order valence-corrected chi connectivity index (χ0v) is 33.8. The SMILES string of the molecule is CC(C)(C)C1=CC(c2ncnc3sc4c5ccsc5ccc4c23)=[C-]C2=CC=CCC21.CCC(C)(CC)C(=O)/C=C(\O)C(C)(CC)CC.[Ir]. The van der Waals surface area contributed by atoms with E-state index in [1.54, 1.807) is 29.0 Å². The zero-order chi connectivity index (χ0) is 34.1. The van der Waals surface area contributed by atoms with Crippen LogP contribution in [0.4, 0.5) is 0 Å². The van der Waals surface area contributed by atoms with Crippen molar-refractivity contribution in [3.63, 3.8) is 0 Å². The van der Waals surface area contributed by atoms with Crippen LogP contribution in [-0.4, -0.2) is 20.9 Å². The Morgan fingerprint density at radius 3 is 2.31 bits per heavy atom. The number of hydrogen-bond acceptors (Lipinski definition) is 6. The molecule has 1 N–H and O–H groups in total. The van der Waals surface area contributed by atoms with Crippen molar-refractivity contribution in [1.82, 2.24) is 9.97 Å². The van der Waals surface area contributed by atoms with Crippen LogP contribution in [0, 0.1) is 28.2 Å². The maximum Gasteiger partial charge on any atom is 0.164 e. The van der Waals surface area contributed by atoms with Gasteiger partial charge in [-0.3, -0.25) is 9.78 Å². The first kappa shape index (κ1) is 38.1. The third-order valence-corrected chi connectivity index (χ3v) is 12.7. The fourth-order valence-electron chi connectivity index (χ4n) is 6.37. The molecule has 0 fully saturated rings. The molecule has 4 nitrogen and oxygen atoms in total. The summed E-state index contributed by atoms with van der Waals surface area (Å²) in [5.41, 5.74) is 4.29. The first-order valence-electron chi connectivity index (χ1n) is 17.0. The number of aliphatic hydroxyl groups excluding tert-OH is 1. The Morgan fingerprint density at radius 1 is 0.979 bits per heavy atom. The molecule has 0 saturated heterocycles. The quantitative estimate of drug-likeness (QED) is 0.109. The Hall–Kier alpha value is -2.70. The number of thiophene rings is 2. The third-order valence-electron chi connectivity index (χ3n) is 10.7. The first-order chi connectivity index (χ1) is 22.3. The van der Waals surface area contributed by atoms with E-state index in [9.17, 15) is 9.90 Å². The minimum atomic E-state index is -0.337. The number of aliphatic hydroxyl groups is 1. The van der Waals surface area contributed by atoms with E-state index in [-0.39, 0.29) is 47.9 Å². The molecule has 0 bridgehead atoms. The Morgan fingerprint density at radius 2 is 1.67 bits per heavy atom. The van der Waals surface area contributed by atoms with E-state index < -0.39 is 0 Å². The molecule has 6 rings (SSSR count). The van der Waals surface area contributed by atoms with Crippen LogP contribution >= 0.6 is 22.7 Å². The van der Waals surface area contributed by atoms with Gasteiger partial charge in [-0.15, -0.1) is 58.1 Å². The van der Waals surface area contributed by atoms with E-state index in [1.165, 1.54) is 37.4 Å². The number of hydrogen-bond donors (Lipinski definition) is 1. The smallest absolute Gasteiger partial charge is 0.164 e. The van der Waals surface area contributed by atoms with Gasteiger partial charge in [0.25, 0.3) is 0 Å². The summed E-state index contributed by atoms with van der Waals surface area (Å²) in [7, 11) is 0. The summed E-state index contributed by atoms with van der Waals surface area (Å²) in [6, 6.07) is 6.69. The largest absolute Gasteiger partial charge is 0.512 e. The Bertz CT molecular complexity index is 1960. The molecule has 2 aliphatic rings. The van der Waals surface area contributed by atoms with Crippen molar-refractivity contribution in [2.24, 2.45) is 22.2 Å². The number of allylic oxidation sites excluding steroid dienone is 10. The van der Waals surface area contributed by atoms with Crippen molar-refractivity contribution in [2.45, 2.75) is 94.4 Å². The molecule has 3 aromatic heterocycles. The molecule has 0 saturated carbocycles. The van der Waals surface area contributed by atoms with Crippen molar-refractivity contribution in [1.29, 1.82) is 0 Å². The van der Waals surface area contributed by atoms with E-state index in [0.29, 0.717) is 5.92 Å². The van der Waals surface area contributed by atoms with Gasteiger partial charge >= 0.3 is 0 Å². The third kappa shape index (κ3) is 7.26. The molecule has 4 aromatic rings. The van der Waals surface area contributed by atoms with Crippen LogP contribution in [0.2, 0.25) is 0 Å². The minimum absolute atomic E-state index is 0. The predicted octanol–water partition coefficient (Wildman–Crippen LogP) is 12.4. The van der Waals surface area contributed by atoms with Crippen LogP contribution in [0.1, 0.15) is 100 Å². The summed E-state index contributed by atoms with van der Waals surface area (Å²) < 4.78 is 2.63. The van der Waals surface area contributed by atoms with Crippen molar-refractivity contribution in [3.05, 3.63) is 89.0 Å². The summed E-state index contributed by atoms with van der Waals surface area (Å²) in [5.74, 6) is 0.703. The molecule has 48 heavy (non-hydrogen) atoms. The second-order valence-electron chi connectivity index (χ2n) is 14.4. The average Bonchev–Trinajstić information content (AvgIpc) is 3.71. The fourth-order valence-corrected chi connectivity index (χ4v) is 8.39. The maximum absolute atomic E-state index is 12.2. The van der Waals surface area contributed by atoms with Gasteiger partial charge in [-0.05, 0) is 66.3 Å². The van der Waals surface area contributed by atoms with E-state index >= 15 is 0 Å². The van der Waals surface area contributed by atoms with Crippen molar-refractivity contribution >= 4 is 64.4 Å². The number of aromatic nitrogens is 2. The standard InChI is InChI=1S/C26H21N2S2.C15H28O2.Ir/c1-26(2,3)20-13-16(12-15-6-4-5-7-17(15)20)23-22-19-8-9-21-18(10-11-29-21)24(19)30-25(22)28-14-27-23;1-7-14(5,8-2)12(16)11-13(17)15(6,9-3)10-4;/h4-6,8-11,13-14,17H,7H2,1-3H3;11,16H,7-10H2,1-6H3;/q-1;;/b;12-11-;. The average molecular weight is 858 g/mol. The van der Waals surface area contributed by atoms with Crippen molar-refractivity contribution in [3.8, 4) is 0 Å². The second kappa shape index (κ2) is 15.0. The Balaban J connectivity index is 0.000000251. The molecule has 1 atom stereocenters. The molecule has 0 amide bonds. The molecule has 1 aromatic carbocycles. The molecule has 3 heterocycles. The van der Waals surface area contributed by atoms with Crippen LogP contribution in [0.3, 0.4) is 0 Å². The van der Waals surface area contributed by atoms with Gasteiger partial charge < -0.3 is 5.11 Å². The van der Waals surface area contributed by atoms with Gasteiger partial charge in [0.05, 0.1) is 0 Å². The van der Waals surface area contributed by atoms with Crippen molar-refractivity contribution in [2.75, 3.05) is 0 Å². The number of carbonyl (C=O) groups excluding carboxylic acids is 1. The summed E-state index contributed by atoms with van der Waals surface area (Å²) in [5, 5.41) is 16.0. The van der Waals surface area contributed by atoms with Gasteiger partial charge in [-0.25, -0.2) is 4.98 Å². The van der Waals surface area contributed by atoms with Crippen LogP contribution in [-0.2, 0) is 24.9 Å². The molecular weight excluding hydrogens is 809 g/mol. The summed E-state index contributed by atoms with van der Waals surface area (Å²) >= 11 is 3.56. The molecular formula is C41H49IrN2O2S2-. The number of rotatable bonds is 8. The number of nitrogens with zero attached hydrogens (tertiary/aromatic N) is 2. The minimum Gasteiger partial charge on any atom is -0.512 e. The molecule has 257 valence electrons. The fraction of sp³-hybridized carbons (Fsp3) is 0.439. The second-order valence-corrected chi connectivity index (χ2v) is 16.4. The van der Waals surface area contributed by atoms with Crippen LogP contribution in [0.5, 0.6) is 0 Å².